The van der Waals surface area contributed by atoms with E-state index in [9.17, 15) is 4.79 Å². The molecule has 0 saturated carbocycles. The molecule has 82 valence electrons. The summed E-state index contributed by atoms with van der Waals surface area (Å²) < 4.78 is 4.55. The summed E-state index contributed by atoms with van der Waals surface area (Å²) in [5.41, 5.74) is 0.585. The SMILES string of the molecule is C=C1CNC[C@@H]1O.CC(C)(C)OC=O. The molecule has 1 heterocycles. The number of aliphatic hydroxyl groups excluding tert-OH is 1. The molecular weight excluding hydrogens is 182 g/mol. The second kappa shape index (κ2) is 5.78. The summed E-state index contributed by atoms with van der Waals surface area (Å²) in [6, 6.07) is 0. The van der Waals surface area contributed by atoms with Crippen LogP contribution in [0, 0.1) is 0 Å². The maximum atomic E-state index is 9.60. The van der Waals surface area contributed by atoms with Gasteiger partial charge in [0.2, 0.25) is 0 Å². The van der Waals surface area contributed by atoms with Crippen molar-refractivity contribution in [3.05, 3.63) is 12.2 Å². The van der Waals surface area contributed by atoms with E-state index in [0.717, 1.165) is 12.1 Å². The highest BCUT2D eigenvalue weighted by molar-refractivity contribution is 5.37. The fourth-order valence-corrected chi connectivity index (χ4v) is 0.776. The predicted octanol–water partition coefficient (Wildman–Crippen LogP) is 0.465. The molecule has 14 heavy (non-hydrogen) atoms. The smallest absolute Gasteiger partial charge is 0.293 e. The summed E-state index contributed by atoms with van der Waals surface area (Å²) in [5, 5.41) is 11.8. The quantitative estimate of drug-likeness (QED) is 0.478. The Morgan fingerprint density at radius 2 is 2.21 bits per heavy atom. The molecule has 1 rings (SSSR count). The van der Waals surface area contributed by atoms with Crippen LogP contribution in [0.5, 0.6) is 0 Å². The first kappa shape index (κ1) is 13.1. The molecule has 1 aliphatic heterocycles. The van der Waals surface area contributed by atoms with Crippen molar-refractivity contribution in [2.24, 2.45) is 0 Å². The average molecular weight is 201 g/mol. The second-order valence-corrected chi connectivity index (χ2v) is 4.13. The fourth-order valence-electron chi connectivity index (χ4n) is 0.776. The monoisotopic (exact) mass is 201 g/mol. The Bertz CT molecular complexity index is 196. The molecule has 0 aliphatic carbocycles. The van der Waals surface area contributed by atoms with Gasteiger partial charge in [-0.2, -0.15) is 0 Å². The molecule has 4 nitrogen and oxygen atoms in total. The fraction of sp³-hybridized carbons (Fsp3) is 0.700. The lowest BCUT2D eigenvalue weighted by atomic mass is 10.2. The zero-order valence-corrected chi connectivity index (χ0v) is 9.04. The van der Waals surface area contributed by atoms with E-state index in [1.807, 2.05) is 20.8 Å². The van der Waals surface area contributed by atoms with Crippen LogP contribution in [-0.2, 0) is 9.53 Å². The van der Waals surface area contributed by atoms with Crippen LogP contribution >= 0.6 is 0 Å². The molecule has 0 radical (unpaired) electrons. The van der Waals surface area contributed by atoms with Gasteiger partial charge in [-0.15, -0.1) is 0 Å². The minimum atomic E-state index is -0.318. The molecule has 2 N–H and O–H groups in total. The molecule has 1 aliphatic rings. The van der Waals surface area contributed by atoms with Crippen LogP contribution in [0.15, 0.2) is 12.2 Å². The molecule has 4 heteroatoms. The maximum absolute atomic E-state index is 9.60. The summed E-state index contributed by atoms with van der Waals surface area (Å²) in [7, 11) is 0. The number of carbonyl (C=O) groups excluding carboxylic acids is 1. The number of β-amino-alcohol motifs (C(OH)–C–C–N with tert-alkyl or cyclic N) is 1. The zero-order chi connectivity index (χ0) is 11.2. The Morgan fingerprint density at radius 1 is 1.64 bits per heavy atom. The predicted molar refractivity (Wildman–Crippen MR) is 54.9 cm³/mol. The van der Waals surface area contributed by atoms with Gasteiger partial charge in [0, 0.05) is 13.1 Å². The normalized spacial score (nSPS) is 21.1. The Hall–Kier alpha value is -0.870. The van der Waals surface area contributed by atoms with Crippen LogP contribution < -0.4 is 5.32 Å². The molecule has 0 bridgehead atoms. The Labute approximate surface area is 85.0 Å². The molecule has 0 amide bonds. The van der Waals surface area contributed by atoms with Crippen molar-refractivity contribution in [1.82, 2.24) is 5.32 Å². The lowest BCUT2D eigenvalue weighted by Crippen LogP contribution is -2.17. The van der Waals surface area contributed by atoms with Crippen molar-refractivity contribution in [1.29, 1.82) is 0 Å². The molecular formula is C10H19NO3. The highest BCUT2D eigenvalue weighted by atomic mass is 16.5. The molecule has 1 saturated heterocycles. The lowest BCUT2D eigenvalue weighted by Gasteiger charge is -2.14. The summed E-state index contributed by atoms with van der Waals surface area (Å²) in [4.78, 5) is 9.60. The van der Waals surface area contributed by atoms with Gasteiger partial charge in [0.1, 0.15) is 5.60 Å². The number of ether oxygens (including phenoxy) is 1. The molecule has 0 aromatic rings. The Morgan fingerprint density at radius 3 is 2.29 bits per heavy atom. The van der Waals surface area contributed by atoms with Crippen LogP contribution in [-0.4, -0.2) is 36.4 Å². The summed E-state index contributed by atoms with van der Waals surface area (Å²) in [5.74, 6) is 0. The van der Waals surface area contributed by atoms with Gasteiger partial charge in [-0.3, -0.25) is 4.79 Å². The topological polar surface area (TPSA) is 58.6 Å². The van der Waals surface area contributed by atoms with Crippen LogP contribution in [0.25, 0.3) is 0 Å². The minimum absolute atomic E-state index is 0.292. The van der Waals surface area contributed by atoms with Crippen molar-refractivity contribution in [2.75, 3.05) is 13.1 Å². The van der Waals surface area contributed by atoms with Crippen LogP contribution in [0.1, 0.15) is 20.8 Å². The van der Waals surface area contributed by atoms with E-state index < -0.39 is 0 Å². The molecule has 0 aromatic carbocycles. The molecule has 0 aromatic heterocycles. The van der Waals surface area contributed by atoms with E-state index in [2.05, 4.69) is 16.6 Å². The van der Waals surface area contributed by atoms with Crippen molar-refractivity contribution >= 4 is 6.47 Å². The third kappa shape index (κ3) is 6.62. The largest absolute Gasteiger partial charge is 0.462 e. The first-order valence-electron chi connectivity index (χ1n) is 4.54. The third-order valence-electron chi connectivity index (χ3n) is 1.56. The van der Waals surface area contributed by atoms with E-state index >= 15 is 0 Å². The number of carbonyl (C=O) groups is 1. The van der Waals surface area contributed by atoms with Gasteiger partial charge in [0.15, 0.2) is 0 Å². The highest BCUT2D eigenvalue weighted by Crippen LogP contribution is 2.02. The first-order valence-corrected chi connectivity index (χ1v) is 4.54. The summed E-state index contributed by atoms with van der Waals surface area (Å²) in [6.07, 6.45) is -0.292. The molecule has 1 atom stereocenters. The number of aliphatic hydroxyl groups is 1. The van der Waals surface area contributed by atoms with E-state index in [-0.39, 0.29) is 11.7 Å². The van der Waals surface area contributed by atoms with Gasteiger partial charge >= 0.3 is 0 Å². The number of hydrogen-bond acceptors (Lipinski definition) is 4. The average Bonchev–Trinajstić information content (AvgIpc) is 2.35. The third-order valence-corrected chi connectivity index (χ3v) is 1.56. The summed E-state index contributed by atoms with van der Waals surface area (Å²) in [6.45, 7) is 11.0. The molecule has 0 unspecified atom stereocenters. The first-order chi connectivity index (χ1) is 6.37. The highest BCUT2D eigenvalue weighted by Gasteiger charge is 2.13. The van der Waals surface area contributed by atoms with E-state index in [1.54, 1.807) is 0 Å². The van der Waals surface area contributed by atoms with Gasteiger partial charge in [-0.25, -0.2) is 0 Å². The van der Waals surface area contributed by atoms with Gasteiger partial charge < -0.3 is 15.2 Å². The van der Waals surface area contributed by atoms with E-state index in [1.165, 1.54) is 0 Å². The zero-order valence-electron chi connectivity index (χ0n) is 9.04. The lowest BCUT2D eigenvalue weighted by molar-refractivity contribution is -0.138. The van der Waals surface area contributed by atoms with Crippen LogP contribution in [0.2, 0.25) is 0 Å². The molecule has 0 spiro atoms. The Kier molecular flexibility index (Phi) is 5.42. The minimum Gasteiger partial charge on any atom is -0.462 e. The second-order valence-electron chi connectivity index (χ2n) is 4.13. The number of rotatable bonds is 1. The van der Waals surface area contributed by atoms with Crippen LogP contribution in [0.4, 0.5) is 0 Å². The Balaban J connectivity index is 0.000000241. The number of hydrogen-bond donors (Lipinski definition) is 2. The number of nitrogens with one attached hydrogen (secondary N) is 1. The van der Waals surface area contributed by atoms with E-state index in [4.69, 9.17) is 5.11 Å². The van der Waals surface area contributed by atoms with E-state index in [0.29, 0.717) is 13.0 Å². The van der Waals surface area contributed by atoms with Gasteiger partial charge in [0.05, 0.1) is 6.10 Å². The van der Waals surface area contributed by atoms with Crippen molar-refractivity contribution in [3.8, 4) is 0 Å². The maximum Gasteiger partial charge on any atom is 0.293 e. The van der Waals surface area contributed by atoms with Gasteiger partial charge in [-0.1, -0.05) is 6.58 Å². The van der Waals surface area contributed by atoms with Crippen LogP contribution in [0.3, 0.4) is 0 Å². The molecule has 1 fully saturated rings. The van der Waals surface area contributed by atoms with Gasteiger partial charge in [-0.05, 0) is 26.3 Å². The van der Waals surface area contributed by atoms with Crippen molar-refractivity contribution < 1.29 is 14.6 Å². The van der Waals surface area contributed by atoms with Crippen molar-refractivity contribution in [2.45, 2.75) is 32.5 Å². The van der Waals surface area contributed by atoms with Gasteiger partial charge in [0.25, 0.3) is 6.47 Å². The van der Waals surface area contributed by atoms with Crippen molar-refractivity contribution in [3.63, 3.8) is 0 Å². The standard InChI is InChI=1S/C5H9NO.C5H10O2/c1-4-2-6-3-5(4)7;1-5(2,3)7-4-6/h5-7H,1-3H2;4H,1-3H3/t5-;/m0./s1. The summed E-state index contributed by atoms with van der Waals surface area (Å²) >= 11 is 0.